The van der Waals surface area contributed by atoms with Crippen molar-refractivity contribution >= 4 is 34.0 Å². The first-order chi connectivity index (χ1) is 16.1. The van der Waals surface area contributed by atoms with Gasteiger partial charge >= 0.3 is 0 Å². The molecule has 0 saturated carbocycles. The molecule has 33 heavy (non-hydrogen) atoms. The van der Waals surface area contributed by atoms with Gasteiger partial charge in [-0.2, -0.15) is 5.26 Å². The predicted molar refractivity (Wildman–Crippen MR) is 131 cm³/mol. The summed E-state index contributed by atoms with van der Waals surface area (Å²) in [6.07, 6.45) is 1.78. The van der Waals surface area contributed by atoms with E-state index >= 15 is 0 Å². The van der Waals surface area contributed by atoms with Crippen molar-refractivity contribution in [3.8, 4) is 17.6 Å². The number of rotatable bonds is 7. The Morgan fingerprint density at radius 3 is 2.45 bits per heavy atom. The van der Waals surface area contributed by atoms with E-state index in [9.17, 15) is 9.65 Å². The molecule has 0 unspecified atom stereocenters. The van der Waals surface area contributed by atoms with Gasteiger partial charge in [-0.1, -0.05) is 60.1 Å². The van der Waals surface area contributed by atoms with E-state index in [1.807, 2.05) is 49.4 Å². The molecule has 0 aromatic heterocycles. The van der Waals surface area contributed by atoms with Gasteiger partial charge in [0.2, 0.25) is 0 Å². The van der Waals surface area contributed by atoms with Crippen LogP contribution in [0.25, 0.3) is 22.4 Å². The van der Waals surface area contributed by atoms with E-state index in [1.54, 1.807) is 30.3 Å². The minimum Gasteiger partial charge on any atom is -0.490 e. The first-order valence-electron chi connectivity index (χ1n) is 10.5. The summed E-state index contributed by atoms with van der Waals surface area (Å²) in [5.74, 6) is 0.584. The number of hydrogen-bond acceptors (Lipinski definition) is 3. The van der Waals surface area contributed by atoms with E-state index in [2.05, 4.69) is 6.07 Å². The summed E-state index contributed by atoms with van der Waals surface area (Å²) in [5.41, 5.74) is 2.87. The molecule has 4 rings (SSSR count). The van der Waals surface area contributed by atoms with Crippen LogP contribution in [0.3, 0.4) is 0 Å². The van der Waals surface area contributed by atoms with Gasteiger partial charge in [0.25, 0.3) is 0 Å². The van der Waals surface area contributed by atoms with Crippen LogP contribution < -0.4 is 9.47 Å². The number of fused-ring (bicyclic) bond motifs is 1. The lowest BCUT2D eigenvalue weighted by molar-refractivity contribution is 0.269. The molecule has 0 fully saturated rings. The third kappa shape index (κ3) is 5.34. The van der Waals surface area contributed by atoms with Crippen LogP contribution in [0.1, 0.15) is 23.6 Å². The summed E-state index contributed by atoms with van der Waals surface area (Å²) >= 11 is 6.54. The van der Waals surface area contributed by atoms with Crippen molar-refractivity contribution in [3.05, 3.63) is 106 Å². The zero-order valence-electron chi connectivity index (χ0n) is 18.0. The molecule has 0 heterocycles. The lowest BCUT2D eigenvalue weighted by Crippen LogP contribution is -2.01. The minimum absolute atomic E-state index is 0.218. The first-order valence-corrected chi connectivity index (χ1v) is 10.9. The Kier molecular flexibility index (Phi) is 6.92. The van der Waals surface area contributed by atoms with Gasteiger partial charge in [0, 0.05) is 0 Å². The second-order valence-corrected chi connectivity index (χ2v) is 7.82. The Hall–Kier alpha value is -3.81. The van der Waals surface area contributed by atoms with Gasteiger partial charge in [-0.05, 0) is 70.8 Å². The summed E-state index contributed by atoms with van der Waals surface area (Å²) < 4.78 is 24.8. The largest absolute Gasteiger partial charge is 0.490 e. The van der Waals surface area contributed by atoms with Gasteiger partial charge in [0.05, 0.1) is 23.3 Å². The molecule has 0 aliphatic carbocycles. The highest BCUT2D eigenvalue weighted by molar-refractivity contribution is 6.32. The van der Waals surface area contributed by atoms with Crippen molar-refractivity contribution in [2.24, 2.45) is 0 Å². The van der Waals surface area contributed by atoms with Crippen LogP contribution in [0.2, 0.25) is 5.02 Å². The lowest BCUT2D eigenvalue weighted by atomic mass is 10.00. The second kappa shape index (κ2) is 10.2. The van der Waals surface area contributed by atoms with E-state index in [-0.39, 0.29) is 12.4 Å². The predicted octanol–water partition coefficient (Wildman–Crippen LogP) is 7.67. The summed E-state index contributed by atoms with van der Waals surface area (Å²) in [7, 11) is 0. The number of nitriles is 1. The Bertz CT molecular complexity index is 1360. The van der Waals surface area contributed by atoms with Crippen molar-refractivity contribution in [1.82, 2.24) is 0 Å². The lowest BCUT2D eigenvalue weighted by Gasteiger charge is -2.15. The summed E-state index contributed by atoms with van der Waals surface area (Å²) in [6, 6.07) is 25.8. The fourth-order valence-corrected chi connectivity index (χ4v) is 3.79. The molecule has 0 amide bonds. The Labute approximate surface area is 197 Å². The van der Waals surface area contributed by atoms with E-state index < -0.39 is 0 Å². The molecule has 0 bridgehead atoms. The molecule has 0 N–H and O–H groups in total. The van der Waals surface area contributed by atoms with E-state index in [1.165, 1.54) is 12.1 Å². The topological polar surface area (TPSA) is 42.2 Å². The standard InChI is InChI=1S/C28H21ClFNO2/c1-2-32-27-15-20(14-26(29)28(27)33-18-19-7-11-25(30)12-8-19)13-24(17-31)23-10-9-21-5-3-4-6-22(21)16-23/h3-16H,2,18H2,1H3/b24-13-. The van der Waals surface area contributed by atoms with Gasteiger partial charge < -0.3 is 9.47 Å². The number of hydrogen-bond donors (Lipinski definition) is 0. The Morgan fingerprint density at radius 1 is 0.970 bits per heavy atom. The van der Waals surface area contributed by atoms with Crippen molar-refractivity contribution < 1.29 is 13.9 Å². The number of ether oxygens (including phenoxy) is 2. The highest BCUT2D eigenvalue weighted by Crippen LogP contribution is 2.38. The molecule has 3 nitrogen and oxygen atoms in total. The molecule has 0 saturated heterocycles. The number of nitrogens with zero attached hydrogens (tertiary/aromatic N) is 1. The maximum atomic E-state index is 13.1. The summed E-state index contributed by atoms with van der Waals surface area (Å²) in [6.45, 7) is 2.51. The van der Waals surface area contributed by atoms with Crippen LogP contribution in [-0.2, 0) is 6.61 Å². The van der Waals surface area contributed by atoms with Crippen molar-refractivity contribution in [2.45, 2.75) is 13.5 Å². The highest BCUT2D eigenvalue weighted by Gasteiger charge is 2.13. The van der Waals surface area contributed by atoms with Crippen LogP contribution in [0.5, 0.6) is 11.5 Å². The van der Waals surface area contributed by atoms with Crippen LogP contribution >= 0.6 is 11.6 Å². The average molecular weight is 458 g/mol. The van der Waals surface area contributed by atoms with Crippen LogP contribution in [-0.4, -0.2) is 6.61 Å². The maximum Gasteiger partial charge on any atom is 0.180 e. The van der Waals surface area contributed by atoms with Crippen molar-refractivity contribution in [3.63, 3.8) is 0 Å². The Morgan fingerprint density at radius 2 is 1.73 bits per heavy atom. The molecule has 0 atom stereocenters. The molecule has 4 aromatic rings. The third-order valence-electron chi connectivity index (χ3n) is 5.12. The van der Waals surface area contributed by atoms with Gasteiger partial charge in [-0.3, -0.25) is 0 Å². The minimum atomic E-state index is -0.303. The van der Waals surface area contributed by atoms with Crippen LogP contribution in [0.4, 0.5) is 4.39 Å². The number of halogens is 2. The summed E-state index contributed by atoms with van der Waals surface area (Å²) in [4.78, 5) is 0. The second-order valence-electron chi connectivity index (χ2n) is 7.41. The summed E-state index contributed by atoms with van der Waals surface area (Å²) in [5, 5.41) is 12.3. The smallest absolute Gasteiger partial charge is 0.180 e. The van der Waals surface area contributed by atoms with E-state index in [0.717, 1.165) is 27.5 Å². The Balaban J connectivity index is 1.65. The van der Waals surface area contributed by atoms with E-state index in [4.69, 9.17) is 21.1 Å². The zero-order chi connectivity index (χ0) is 23.2. The molecule has 0 aliphatic rings. The van der Waals surface area contributed by atoms with Gasteiger partial charge in [-0.25, -0.2) is 4.39 Å². The molecule has 5 heteroatoms. The molecule has 0 aliphatic heterocycles. The monoisotopic (exact) mass is 457 g/mol. The van der Waals surface area contributed by atoms with Gasteiger partial charge in [0.15, 0.2) is 11.5 Å². The molecule has 0 spiro atoms. The van der Waals surface area contributed by atoms with E-state index in [0.29, 0.717) is 28.7 Å². The van der Waals surface area contributed by atoms with Gasteiger partial charge in [-0.15, -0.1) is 0 Å². The normalized spacial score (nSPS) is 11.3. The van der Waals surface area contributed by atoms with Crippen molar-refractivity contribution in [2.75, 3.05) is 6.61 Å². The molecule has 0 radical (unpaired) electrons. The van der Waals surface area contributed by atoms with Gasteiger partial charge in [0.1, 0.15) is 12.4 Å². The molecule has 164 valence electrons. The highest BCUT2D eigenvalue weighted by atomic mass is 35.5. The first kappa shape index (κ1) is 22.4. The zero-order valence-corrected chi connectivity index (χ0v) is 18.8. The fourth-order valence-electron chi connectivity index (χ4n) is 3.51. The fraction of sp³-hybridized carbons (Fsp3) is 0.107. The maximum absolute atomic E-state index is 13.1. The molecule has 4 aromatic carbocycles. The van der Waals surface area contributed by atoms with Crippen LogP contribution in [0.15, 0.2) is 78.9 Å². The van der Waals surface area contributed by atoms with Crippen LogP contribution in [0, 0.1) is 17.1 Å². The SMILES string of the molecule is CCOc1cc(/C=C(/C#N)c2ccc3ccccc3c2)cc(Cl)c1OCc1ccc(F)cc1. The van der Waals surface area contributed by atoms with Crippen molar-refractivity contribution in [1.29, 1.82) is 5.26 Å². The molecular formula is C28H21ClFNO2. The number of allylic oxidation sites excluding steroid dienone is 1. The third-order valence-corrected chi connectivity index (χ3v) is 5.40. The average Bonchev–Trinajstić information content (AvgIpc) is 2.83. The molecular weight excluding hydrogens is 437 g/mol. The number of benzene rings is 4. The quantitative estimate of drug-likeness (QED) is 0.211.